The number of nitrogens with one attached hydrogen (secondary N) is 1. The van der Waals surface area contributed by atoms with Gasteiger partial charge in [-0.15, -0.1) is 21.5 Å². The largest absolute Gasteiger partial charge is 0.497 e. The molecule has 29 heavy (non-hydrogen) atoms. The molecule has 0 bridgehead atoms. The van der Waals surface area contributed by atoms with Gasteiger partial charge in [0.05, 0.1) is 24.2 Å². The molecule has 1 N–H and O–H groups in total. The van der Waals surface area contributed by atoms with E-state index in [-0.39, 0.29) is 12.5 Å². The second-order valence-electron chi connectivity index (χ2n) is 6.68. The topological polar surface area (TPSA) is 72.3 Å². The summed E-state index contributed by atoms with van der Waals surface area (Å²) in [7, 11) is 5.73. The van der Waals surface area contributed by atoms with Crippen molar-refractivity contribution in [3.63, 3.8) is 0 Å². The zero-order valence-electron chi connectivity index (χ0n) is 17.0. The van der Waals surface area contributed by atoms with Crippen LogP contribution in [-0.2, 0) is 6.54 Å². The Morgan fingerprint density at radius 1 is 1.28 bits per heavy atom. The van der Waals surface area contributed by atoms with E-state index in [1.54, 1.807) is 18.9 Å². The number of aromatic nitrogens is 3. The summed E-state index contributed by atoms with van der Waals surface area (Å²) in [6, 6.07) is 11.5. The molecule has 0 radical (unpaired) electrons. The molecule has 2 heterocycles. The highest BCUT2D eigenvalue weighted by Gasteiger charge is 2.17. The number of aryl methyl sites for hydroxylation is 1. The van der Waals surface area contributed by atoms with Crippen LogP contribution in [0, 0.1) is 6.92 Å². The molecule has 0 spiro atoms. The standard InChI is InChI=1S/C20H25N5O2S2/c1-14-8-9-17(29-14)19(26)21-13-18-22-23-20(28-11-10-24(2)3)25(18)15-6-5-7-16(12-15)27-4/h5-9,12H,10-11,13H2,1-4H3,(H,21,26). The molecule has 0 saturated heterocycles. The Balaban J connectivity index is 1.83. The lowest BCUT2D eigenvalue weighted by Gasteiger charge is -2.13. The molecule has 0 fully saturated rings. The fraction of sp³-hybridized carbons (Fsp3) is 0.350. The zero-order chi connectivity index (χ0) is 20.8. The van der Waals surface area contributed by atoms with Crippen LogP contribution in [-0.4, -0.2) is 59.1 Å². The summed E-state index contributed by atoms with van der Waals surface area (Å²) < 4.78 is 7.34. The molecule has 1 amide bonds. The number of hydrogen-bond donors (Lipinski definition) is 1. The van der Waals surface area contributed by atoms with E-state index in [4.69, 9.17) is 4.74 Å². The summed E-state index contributed by atoms with van der Waals surface area (Å²) in [5.41, 5.74) is 0.901. The van der Waals surface area contributed by atoms with Gasteiger partial charge in [-0.3, -0.25) is 9.36 Å². The first kappa shape index (κ1) is 21.4. The van der Waals surface area contributed by atoms with Crippen molar-refractivity contribution in [1.82, 2.24) is 25.0 Å². The van der Waals surface area contributed by atoms with Gasteiger partial charge in [0.25, 0.3) is 5.91 Å². The van der Waals surface area contributed by atoms with Crippen molar-refractivity contribution < 1.29 is 9.53 Å². The number of rotatable bonds is 9. The number of benzene rings is 1. The lowest BCUT2D eigenvalue weighted by Crippen LogP contribution is -2.24. The number of nitrogens with zero attached hydrogens (tertiary/aromatic N) is 4. The summed E-state index contributed by atoms with van der Waals surface area (Å²) >= 11 is 3.11. The number of ether oxygens (including phenoxy) is 1. The van der Waals surface area contributed by atoms with Crippen molar-refractivity contribution in [2.45, 2.75) is 18.6 Å². The van der Waals surface area contributed by atoms with Crippen LogP contribution >= 0.6 is 23.1 Å². The van der Waals surface area contributed by atoms with Gasteiger partial charge in [0.1, 0.15) is 5.75 Å². The van der Waals surface area contributed by atoms with Gasteiger partial charge in [0, 0.05) is 23.2 Å². The highest BCUT2D eigenvalue weighted by Crippen LogP contribution is 2.25. The minimum absolute atomic E-state index is 0.106. The van der Waals surface area contributed by atoms with Gasteiger partial charge in [-0.2, -0.15) is 0 Å². The first-order chi connectivity index (χ1) is 14.0. The Bertz CT molecular complexity index is 967. The SMILES string of the molecule is COc1cccc(-n2c(CNC(=O)c3ccc(C)s3)nnc2SCCN(C)C)c1. The van der Waals surface area contributed by atoms with Crippen molar-refractivity contribution >= 4 is 29.0 Å². The van der Waals surface area contributed by atoms with Gasteiger partial charge in [0.2, 0.25) is 0 Å². The van der Waals surface area contributed by atoms with Crippen LogP contribution in [0.25, 0.3) is 5.69 Å². The quantitative estimate of drug-likeness (QED) is 0.525. The molecule has 1 aromatic carbocycles. The molecule has 0 atom stereocenters. The van der Waals surface area contributed by atoms with Gasteiger partial charge < -0.3 is 15.0 Å². The number of thioether (sulfide) groups is 1. The summed E-state index contributed by atoms with van der Waals surface area (Å²) in [5, 5.41) is 12.5. The number of thiophene rings is 1. The van der Waals surface area contributed by atoms with E-state index in [1.807, 2.05) is 62.0 Å². The molecule has 2 aromatic heterocycles. The molecule has 7 nitrogen and oxygen atoms in total. The predicted octanol–water partition coefficient (Wildman–Crippen LogP) is 3.23. The van der Waals surface area contributed by atoms with Crippen LogP contribution in [0.2, 0.25) is 0 Å². The Kier molecular flexibility index (Phi) is 7.29. The van der Waals surface area contributed by atoms with E-state index < -0.39 is 0 Å². The number of hydrogen-bond acceptors (Lipinski definition) is 7. The average Bonchev–Trinajstić information content (AvgIpc) is 3.32. The van der Waals surface area contributed by atoms with Crippen molar-refractivity contribution in [1.29, 1.82) is 0 Å². The van der Waals surface area contributed by atoms with E-state index in [0.29, 0.717) is 10.7 Å². The molecule has 154 valence electrons. The van der Waals surface area contributed by atoms with Gasteiger partial charge in [0.15, 0.2) is 11.0 Å². The number of methoxy groups -OCH3 is 1. The highest BCUT2D eigenvalue weighted by molar-refractivity contribution is 7.99. The summed E-state index contributed by atoms with van der Waals surface area (Å²) in [6.07, 6.45) is 0. The van der Waals surface area contributed by atoms with Gasteiger partial charge in [-0.1, -0.05) is 17.8 Å². The summed E-state index contributed by atoms with van der Waals surface area (Å²) in [4.78, 5) is 16.4. The van der Waals surface area contributed by atoms with Crippen molar-refractivity contribution in [2.24, 2.45) is 0 Å². The van der Waals surface area contributed by atoms with Crippen molar-refractivity contribution in [2.75, 3.05) is 33.5 Å². The highest BCUT2D eigenvalue weighted by atomic mass is 32.2. The third kappa shape index (κ3) is 5.59. The van der Waals surface area contributed by atoms with Crippen molar-refractivity contribution in [3.05, 3.63) is 52.0 Å². The van der Waals surface area contributed by atoms with Gasteiger partial charge in [-0.05, 0) is 45.3 Å². The molecule has 3 aromatic rings. The van der Waals surface area contributed by atoms with E-state index in [0.717, 1.165) is 33.8 Å². The molecule has 0 aliphatic heterocycles. The first-order valence-electron chi connectivity index (χ1n) is 9.19. The van der Waals surface area contributed by atoms with E-state index in [2.05, 4.69) is 20.4 Å². The van der Waals surface area contributed by atoms with Crippen LogP contribution in [0.5, 0.6) is 5.75 Å². The fourth-order valence-electron chi connectivity index (χ4n) is 2.64. The Labute approximate surface area is 179 Å². The summed E-state index contributed by atoms with van der Waals surface area (Å²) in [5.74, 6) is 2.21. The molecule has 0 aliphatic carbocycles. The molecular formula is C20H25N5O2S2. The lowest BCUT2D eigenvalue weighted by molar-refractivity contribution is 0.0953. The predicted molar refractivity (Wildman–Crippen MR) is 117 cm³/mol. The number of carbonyl (C=O) groups is 1. The smallest absolute Gasteiger partial charge is 0.261 e. The number of amides is 1. The molecule has 9 heteroatoms. The van der Waals surface area contributed by atoms with Crippen molar-refractivity contribution in [3.8, 4) is 11.4 Å². The molecule has 0 unspecified atom stereocenters. The average molecular weight is 432 g/mol. The first-order valence-corrected chi connectivity index (χ1v) is 11.0. The van der Waals surface area contributed by atoms with Gasteiger partial charge >= 0.3 is 0 Å². The van der Waals surface area contributed by atoms with E-state index in [1.165, 1.54) is 11.3 Å². The maximum Gasteiger partial charge on any atom is 0.261 e. The third-order valence-electron chi connectivity index (χ3n) is 4.15. The molecule has 0 saturated carbocycles. The Hall–Kier alpha value is -2.36. The van der Waals surface area contributed by atoms with Crippen LogP contribution in [0.3, 0.4) is 0 Å². The Morgan fingerprint density at radius 2 is 2.10 bits per heavy atom. The maximum atomic E-state index is 12.4. The second-order valence-corrected chi connectivity index (χ2v) is 9.03. The molecular weight excluding hydrogens is 406 g/mol. The van der Waals surface area contributed by atoms with Crippen LogP contribution in [0.4, 0.5) is 0 Å². The molecule has 0 aliphatic rings. The minimum Gasteiger partial charge on any atom is -0.497 e. The minimum atomic E-state index is -0.106. The van der Waals surface area contributed by atoms with Crippen LogP contribution in [0.15, 0.2) is 41.6 Å². The van der Waals surface area contributed by atoms with Gasteiger partial charge in [-0.25, -0.2) is 0 Å². The monoisotopic (exact) mass is 431 g/mol. The number of carbonyl (C=O) groups excluding carboxylic acids is 1. The van der Waals surface area contributed by atoms with Crippen LogP contribution in [0.1, 0.15) is 20.4 Å². The normalized spacial score (nSPS) is 11.1. The fourth-order valence-corrected chi connectivity index (χ4v) is 4.50. The van der Waals surface area contributed by atoms with E-state index in [9.17, 15) is 4.79 Å². The lowest BCUT2D eigenvalue weighted by atomic mass is 10.3. The molecule has 3 rings (SSSR count). The van der Waals surface area contributed by atoms with Crippen LogP contribution < -0.4 is 10.1 Å². The maximum absolute atomic E-state index is 12.4. The second kappa shape index (κ2) is 9.91. The summed E-state index contributed by atoms with van der Waals surface area (Å²) in [6.45, 7) is 3.20. The third-order valence-corrected chi connectivity index (χ3v) is 6.06. The van der Waals surface area contributed by atoms with E-state index >= 15 is 0 Å². The Morgan fingerprint density at radius 3 is 2.79 bits per heavy atom. The zero-order valence-corrected chi connectivity index (χ0v) is 18.6.